The van der Waals surface area contributed by atoms with Crippen LogP contribution in [0.5, 0.6) is 0 Å². The molecule has 0 aliphatic rings. The van der Waals surface area contributed by atoms with Gasteiger partial charge in [0.1, 0.15) is 5.82 Å². The Bertz CT molecular complexity index is 829. The van der Waals surface area contributed by atoms with E-state index >= 15 is 0 Å². The summed E-state index contributed by atoms with van der Waals surface area (Å²) in [5.74, 6) is 0.879. The number of hydrogen-bond donors (Lipinski definition) is 0. The van der Waals surface area contributed by atoms with Crippen LogP contribution in [-0.2, 0) is 0 Å². The van der Waals surface area contributed by atoms with Crippen LogP contribution in [-0.4, -0.2) is 14.8 Å². The summed E-state index contributed by atoms with van der Waals surface area (Å²) in [4.78, 5) is 0. The van der Waals surface area contributed by atoms with Crippen molar-refractivity contribution in [3.05, 3.63) is 70.5 Å². The molecule has 118 valence electrons. The number of rotatable bonds is 4. The lowest BCUT2D eigenvalue weighted by atomic mass is 10.2. The molecule has 0 N–H and O–H groups in total. The molecule has 3 rings (SSSR count). The standard InChI is InChI=1S/C18H18ClN3S/c1-12-7-6-8-15(11-12)22-14(3)20-21-18(22)23-13(2)16-9-4-5-10-17(16)19/h4-11,13H,1-3H3/t13-/m0/s1. The molecule has 1 heterocycles. The Kier molecular flexibility index (Phi) is 4.74. The molecule has 0 fully saturated rings. The molecule has 3 aromatic rings. The van der Waals surface area contributed by atoms with Crippen LogP contribution in [0.1, 0.15) is 29.1 Å². The summed E-state index contributed by atoms with van der Waals surface area (Å²) in [5, 5.41) is 10.4. The third-order valence-electron chi connectivity index (χ3n) is 3.68. The molecule has 0 aliphatic heterocycles. The van der Waals surface area contributed by atoms with Crippen LogP contribution in [0.3, 0.4) is 0 Å². The van der Waals surface area contributed by atoms with Crippen molar-refractivity contribution in [1.82, 2.24) is 14.8 Å². The number of hydrogen-bond acceptors (Lipinski definition) is 3. The van der Waals surface area contributed by atoms with Gasteiger partial charge < -0.3 is 0 Å². The van der Waals surface area contributed by atoms with Crippen molar-refractivity contribution >= 4 is 23.4 Å². The van der Waals surface area contributed by atoms with Gasteiger partial charge in [-0.3, -0.25) is 4.57 Å². The average Bonchev–Trinajstić information content (AvgIpc) is 2.88. The van der Waals surface area contributed by atoms with E-state index in [0.29, 0.717) is 0 Å². The maximum Gasteiger partial charge on any atom is 0.196 e. The maximum atomic E-state index is 6.31. The minimum atomic E-state index is 0.191. The SMILES string of the molecule is Cc1cccc(-n2c(C)nnc2S[C@@H](C)c2ccccc2Cl)c1. The zero-order chi connectivity index (χ0) is 16.4. The first kappa shape index (κ1) is 16.1. The highest BCUT2D eigenvalue weighted by molar-refractivity contribution is 7.99. The molecule has 0 spiro atoms. The summed E-state index contributed by atoms with van der Waals surface area (Å²) in [6.07, 6.45) is 0. The third kappa shape index (κ3) is 3.43. The molecule has 0 saturated heterocycles. The molecule has 23 heavy (non-hydrogen) atoms. The van der Waals surface area contributed by atoms with Crippen molar-refractivity contribution in [2.24, 2.45) is 0 Å². The predicted molar refractivity (Wildman–Crippen MR) is 96.6 cm³/mol. The van der Waals surface area contributed by atoms with Gasteiger partial charge in [0.25, 0.3) is 0 Å². The molecule has 0 bridgehead atoms. The molecular formula is C18H18ClN3S. The second-order valence-electron chi connectivity index (χ2n) is 5.49. The molecule has 5 heteroatoms. The number of thioether (sulfide) groups is 1. The summed E-state index contributed by atoms with van der Waals surface area (Å²) in [5.41, 5.74) is 3.41. The molecule has 1 atom stereocenters. The first-order valence-electron chi connectivity index (χ1n) is 7.46. The van der Waals surface area contributed by atoms with E-state index in [-0.39, 0.29) is 5.25 Å². The lowest BCUT2D eigenvalue weighted by molar-refractivity contribution is 0.861. The zero-order valence-corrected chi connectivity index (χ0v) is 14.9. The Balaban J connectivity index is 1.94. The molecule has 0 aliphatic carbocycles. The number of aromatic nitrogens is 3. The molecule has 2 aromatic carbocycles. The van der Waals surface area contributed by atoms with Gasteiger partial charge in [0.2, 0.25) is 0 Å². The van der Waals surface area contributed by atoms with Gasteiger partial charge in [0, 0.05) is 16.0 Å². The van der Waals surface area contributed by atoms with Crippen LogP contribution in [0.2, 0.25) is 5.02 Å². The third-order valence-corrected chi connectivity index (χ3v) is 5.11. The smallest absolute Gasteiger partial charge is 0.196 e. The molecule has 3 nitrogen and oxygen atoms in total. The topological polar surface area (TPSA) is 30.7 Å². The van der Waals surface area contributed by atoms with Gasteiger partial charge in [0.05, 0.1) is 0 Å². The first-order valence-corrected chi connectivity index (χ1v) is 8.72. The fourth-order valence-corrected chi connectivity index (χ4v) is 3.95. The lowest BCUT2D eigenvalue weighted by Crippen LogP contribution is -2.01. The van der Waals surface area contributed by atoms with Gasteiger partial charge in [-0.15, -0.1) is 10.2 Å². The molecule has 0 amide bonds. The Morgan fingerprint density at radius 1 is 1.04 bits per heavy atom. The largest absolute Gasteiger partial charge is 0.274 e. The second-order valence-corrected chi connectivity index (χ2v) is 7.20. The Hall–Kier alpha value is -1.78. The van der Waals surface area contributed by atoms with Crippen LogP contribution >= 0.6 is 23.4 Å². The molecular weight excluding hydrogens is 326 g/mol. The van der Waals surface area contributed by atoms with E-state index in [9.17, 15) is 0 Å². The van der Waals surface area contributed by atoms with Crippen molar-refractivity contribution in [1.29, 1.82) is 0 Å². The van der Waals surface area contributed by atoms with Crippen LogP contribution in [0.25, 0.3) is 5.69 Å². The van der Waals surface area contributed by atoms with Crippen LogP contribution in [0.15, 0.2) is 53.7 Å². The Morgan fingerprint density at radius 3 is 2.57 bits per heavy atom. The van der Waals surface area contributed by atoms with E-state index in [4.69, 9.17) is 11.6 Å². The van der Waals surface area contributed by atoms with Gasteiger partial charge in [-0.25, -0.2) is 0 Å². The van der Waals surface area contributed by atoms with E-state index in [0.717, 1.165) is 27.3 Å². The van der Waals surface area contributed by atoms with Crippen LogP contribution < -0.4 is 0 Å². The van der Waals surface area contributed by atoms with Crippen molar-refractivity contribution in [2.45, 2.75) is 31.2 Å². The zero-order valence-electron chi connectivity index (χ0n) is 13.3. The average molecular weight is 344 g/mol. The number of benzene rings is 2. The monoisotopic (exact) mass is 343 g/mol. The normalized spacial score (nSPS) is 12.3. The van der Waals surface area contributed by atoms with E-state index in [2.05, 4.69) is 58.9 Å². The lowest BCUT2D eigenvalue weighted by Gasteiger charge is -2.14. The van der Waals surface area contributed by atoms with Crippen LogP contribution in [0.4, 0.5) is 0 Å². The van der Waals surface area contributed by atoms with Crippen molar-refractivity contribution < 1.29 is 0 Å². The van der Waals surface area contributed by atoms with Crippen molar-refractivity contribution in [2.75, 3.05) is 0 Å². The summed E-state index contributed by atoms with van der Waals surface area (Å²) in [6.45, 7) is 6.19. The molecule has 1 aromatic heterocycles. The fraction of sp³-hybridized carbons (Fsp3) is 0.222. The summed E-state index contributed by atoms with van der Waals surface area (Å²) >= 11 is 7.98. The molecule has 0 radical (unpaired) electrons. The van der Waals surface area contributed by atoms with E-state index < -0.39 is 0 Å². The first-order chi connectivity index (χ1) is 11.1. The van der Waals surface area contributed by atoms with Gasteiger partial charge in [-0.2, -0.15) is 0 Å². The van der Waals surface area contributed by atoms with Gasteiger partial charge in [-0.05, 0) is 50.1 Å². The summed E-state index contributed by atoms with van der Waals surface area (Å²) < 4.78 is 2.09. The minimum Gasteiger partial charge on any atom is -0.274 e. The van der Waals surface area contributed by atoms with Gasteiger partial charge in [0.15, 0.2) is 5.16 Å². The van der Waals surface area contributed by atoms with E-state index in [1.807, 2.05) is 25.1 Å². The van der Waals surface area contributed by atoms with Crippen molar-refractivity contribution in [3.8, 4) is 5.69 Å². The molecule has 0 unspecified atom stereocenters. The Morgan fingerprint density at radius 2 is 1.83 bits per heavy atom. The maximum absolute atomic E-state index is 6.31. The number of halogens is 1. The number of nitrogens with zero attached hydrogens (tertiary/aromatic N) is 3. The minimum absolute atomic E-state index is 0.191. The van der Waals surface area contributed by atoms with E-state index in [1.165, 1.54) is 5.56 Å². The highest BCUT2D eigenvalue weighted by Gasteiger charge is 2.17. The summed E-state index contributed by atoms with van der Waals surface area (Å²) in [6, 6.07) is 16.3. The molecule has 0 saturated carbocycles. The van der Waals surface area contributed by atoms with Gasteiger partial charge in [-0.1, -0.05) is 53.7 Å². The van der Waals surface area contributed by atoms with Gasteiger partial charge >= 0.3 is 0 Å². The fourth-order valence-electron chi connectivity index (χ4n) is 2.51. The Labute approximate surface area is 145 Å². The number of aryl methyl sites for hydroxylation is 2. The van der Waals surface area contributed by atoms with Crippen LogP contribution in [0, 0.1) is 13.8 Å². The predicted octanol–water partition coefficient (Wildman–Crippen LogP) is 5.39. The highest BCUT2D eigenvalue weighted by atomic mass is 35.5. The second kappa shape index (κ2) is 6.77. The summed E-state index contributed by atoms with van der Waals surface area (Å²) in [7, 11) is 0. The van der Waals surface area contributed by atoms with E-state index in [1.54, 1.807) is 11.8 Å². The quantitative estimate of drug-likeness (QED) is 0.595. The highest BCUT2D eigenvalue weighted by Crippen LogP contribution is 2.38. The van der Waals surface area contributed by atoms with Crippen molar-refractivity contribution in [3.63, 3.8) is 0 Å².